The molecule has 2 fully saturated rings. The molecule has 1 aromatic carbocycles. The fourth-order valence-electron chi connectivity index (χ4n) is 3.54. The van der Waals surface area contributed by atoms with Crippen molar-refractivity contribution in [1.29, 1.82) is 0 Å². The molecule has 0 atom stereocenters. The number of hydrogen-bond donors (Lipinski definition) is 0. The maximum atomic E-state index is 12.5. The smallest absolute Gasteiger partial charge is 0.236 e. The molecule has 5 nitrogen and oxygen atoms in total. The SMILES string of the molecule is O=C(CCc1ccc(Cl)cc1Cl)N1CCN(CC(=O)N2CCCC2)CC1. The largest absolute Gasteiger partial charge is 0.342 e. The van der Waals surface area contributed by atoms with Crippen molar-refractivity contribution in [2.45, 2.75) is 25.7 Å². The number of carbonyl (C=O) groups is 2. The highest BCUT2D eigenvalue weighted by Gasteiger charge is 2.25. The first-order valence-corrected chi connectivity index (χ1v) is 10.0. The van der Waals surface area contributed by atoms with Gasteiger partial charge in [-0.25, -0.2) is 0 Å². The number of likely N-dealkylation sites (tertiary alicyclic amines) is 1. The molecule has 0 radical (unpaired) electrons. The number of nitrogens with zero attached hydrogens (tertiary/aromatic N) is 3. The van der Waals surface area contributed by atoms with E-state index in [1.807, 2.05) is 15.9 Å². The number of amides is 2. The Kier molecular flexibility index (Phi) is 6.79. The zero-order valence-electron chi connectivity index (χ0n) is 14.9. The molecule has 142 valence electrons. The summed E-state index contributed by atoms with van der Waals surface area (Å²) < 4.78 is 0. The van der Waals surface area contributed by atoms with Gasteiger partial charge in [-0.3, -0.25) is 14.5 Å². The van der Waals surface area contributed by atoms with E-state index in [1.165, 1.54) is 0 Å². The minimum Gasteiger partial charge on any atom is -0.342 e. The van der Waals surface area contributed by atoms with Crippen LogP contribution in [0.25, 0.3) is 0 Å². The minimum atomic E-state index is 0.140. The van der Waals surface area contributed by atoms with Crippen LogP contribution in [0.1, 0.15) is 24.8 Å². The Bertz CT molecular complexity index is 654. The zero-order valence-corrected chi connectivity index (χ0v) is 16.4. The topological polar surface area (TPSA) is 43.9 Å². The van der Waals surface area contributed by atoms with Gasteiger partial charge in [0.2, 0.25) is 11.8 Å². The average molecular weight is 398 g/mol. The van der Waals surface area contributed by atoms with Crippen LogP contribution in [0.4, 0.5) is 0 Å². The molecule has 0 aromatic heterocycles. The molecular formula is C19H25Cl2N3O2. The first-order valence-electron chi connectivity index (χ1n) is 9.25. The van der Waals surface area contributed by atoms with Gasteiger partial charge in [-0.05, 0) is 37.0 Å². The summed E-state index contributed by atoms with van der Waals surface area (Å²) >= 11 is 12.1. The van der Waals surface area contributed by atoms with Crippen LogP contribution in [0.5, 0.6) is 0 Å². The van der Waals surface area contributed by atoms with Gasteiger partial charge in [0.1, 0.15) is 0 Å². The Morgan fingerprint density at radius 2 is 1.54 bits per heavy atom. The van der Waals surface area contributed by atoms with E-state index >= 15 is 0 Å². The molecule has 3 rings (SSSR count). The van der Waals surface area contributed by atoms with Gasteiger partial charge in [0.25, 0.3) is 0 Å². The van der Waals surface area contributed by atoms with Gasteiger partial charge >= 0.3 is 0 Å². The minimum absolute atomic E-state index is 0.140. The maximum Gasteiger partial charge on any atom is 0.236 e. The van der Waals surface area contributed by atoms with E-state index in [1.54, 1.807) is 12.1 Å². The van der Waals surface area contributed by atoms with Gasteiger partial charge in [0, 0.05) is 55.7 Å². The second-order valence-corrected chi connectivity index (χ2v) is 7.82. The third-order valence-corrected chi connectivity index (χ3v) is 5.75. The van der Waals surface area contributed by atoms with Gasteiger partial charge in [-0.15, -0.1) is 0 Å². The summed E-state index contributed by atoms with van der Waals surface area (Å²) in [7, 11) is 0. The summed E-state index contributed by atoms with van der Waals surface area (Å²) in [4.78, 5) is 30.7. The molecular weight excluding hydrogens is 373 g/mol. The van der Waals surface area contributed by atoms with E-state index in [0.29, 0.717) is 42.5 Å². The Hall–Kier alpha value is -1.30. The Labute approximate surface area is 164 Å². The molecule has 0 unspecified atom stereocenters. The van der Waals surface area contributed by atoms with Gasteiger partial charge in [0.05, 0.1) is 6.54 Å². The van der Waals surface area contributed by atoms with Crippen molar-refractivity contribution in [3.63, 3.8) is 0 Å². The molecule has 26 heavy (non-hydrogen) atoms. The monoisotopic (exact) mass is 397 g/mol. The maximum absolute atomic E-state index is 12.5. The molecule has 0 saturated carbocycles. The molecule has 1 aromatic rings. The molecule has 2 amide bonds. The van der Waals surface area contributed by atoms with E-state index < -0.39 is 0 Å². The van der Waals surface area contributed by atoms with Crippen LogP contribution in [-0.4, -0.2) is 72.3 Å². The number of rotatable bonds is 5. The molecule has 0 bridgehead atoms. The van der Waals surface area contributed by atoms with Crippen molar-refractivity contribution in [3.8, 4) is 0 Å². The van der Waals surface area contributed by atoms with E-state index in [4.69, 9.17) is 23.2 Å². The second kappa shape index (κ2) is 9.07. The summed E-state index contributed by atoms with van der Waals surface area (Å²) in [5.74, 6) is 0.362. The lowest BCUT2D eigenvalue weighted by Gasteiger charge is -2.35. The van der Waals surface area contributed by atoms with Crippen molar-refractivity contribution in [2.24, 2.45) is 0 Å². The van der Waals surface area contributed by atoms with Crippen molar-refractivity contribution in [2.75, 3.05) is 45.8 Å². The van der Waals surface area contributed by atoms with E-state index in [2.05, 4.69) is 4.90 Å². The fourth-order valence-corrected chi connectivity index (χ4v) is 4.04. The molecule has 0 aliphatic carbocycles. The van der Waals surface area contributed by atoms with Crippen LogP contribution in [-0.2, 0) is 16.0 Å². The number of hydrogen-bond acceptors (Lipinski definition) is 3. The van der Waals surface area contributed by atoms with Gasteiger partial charge in [0.15, 0.2) is 0 Å². The van der Waals surface area contributed by atoms with Crippen molar-refractivity contribution in [3.05, 3.63) is 33.8 Å². The molecule has 2 aliphatic rings. The quantitative estimate of drug-likeness (QED) is 0.766. The highest BCUT2D eigenvalue weighted by molar-refractivity contribution is 6.35. The van der Waals surface area contributed by atoms with Crippen LogP contribution in [0, 0.1) is 0 Å². The summed E-state index contributed by atoms with van der Waals surface area (Å²) in [6.45, 7) is 5.14. The number of benzene rings is 1. The van der Waals surface area contributed by atoms with Crippen molar-refractivity contribution >= 4 is 35.0 Å². The number of halogens is 2. The number of carbonyl (C=O) groups excluding carboxylic acids is 2. The second-order valence-electron chi connectivity index (χ2n) is 6.98. The highest BCUT2D eigenvalue weighted by atomic mass is 35.5. The lowest BCUT2D eigenvalue weighted by Crippen LogP contribution is -2.51. The molecule has 0 spiro atoms. The molecule has 2 heterocycles. The lowest BCUT2D eigenvalue weighted by atomic mass is 10.1. The lowest BCUT2D eigenvalue weighted by molar-refractivity contribution is -0.134. The standard InChI is InChI=1S/C19H25Cl2N3O2/c20-16-5-3-15(17(21)13-16)4-6-18(25)24-11-9-22(10-12-24)14-19(26)23-7-1-2-8-23/h3,5,13H,1-2,4,6-12,14H2. The molecule has 0 N–H and O–H groups in total. The predicted molar refractivity (Wildman–Crippen MR) is 104 cm³/mol. The average Bonchev–Trinajstić information content (AvgIpc) is 3.16. The van der Waals surface area contributed by atoms with Crippen LogP contribution < -0.4 is 0 Å². The molecule has 2 saturated heterocycles. The van der Waals surface area contributed by atoms with E-state index in [0.717, 1.165) is 44.6 Å². The highest BCUT2D eigenvalue weighted by Crippen LogP contribution is 2.22. The van der Waals surface area contributed by atoms with Gasteiger partial charge in [-0.2, -0.15) is 0 Å². The number of aryl methyl sites for hydroxylation is 1. The van der Waals surface area contributed by atoms with Crippen LogP contribution in [0.2, 0.25) is 10.0 Å². The van der Waals surface area contributed by atoms with Gasteiger partial charge < -0.3 is 9.80 Å². The van der Waals surface area contributed by atoms with Gasteiger partial charge in [-0.1, -0.05) is 29.3 Å². The fraction of sp³-hybridized carbons (Fsp3) is 0.579. The Balaban J connectivity index is 1.41. The normalized spacial score (nSPS) is 18.4. The summed E-state index contributed by atoms with van der Waals surface area (Å²) in [6, 6.07) is 5.38. The summed E-state index contributed by atoms with van der Waals surface area (Å²) in [5.41, 5.74) is 0.944. The first kappa shape index (κ1) is 19.5. The zero-order chi connectivity index (χ0) is 18.5. The van der Waals surface area contributed by atoms with Crippen molar-refractivity contribution in [1.82, 2.24) is 14.7 Å². The third-order valence-electron chi connectivity index (χ3n) is 5.17. The van der Waals surface area contributed by atoms with Crippen LogP contribution >= 0.6 is 23.2 Å². The van der Waals surface area contributed by atoms with Crippen molar-refractivity contribution < 1.29 is 9.59 Å². The summed E-state index contributed by atoms with van der Waals surface area (Å²) in [5, 5.41) is 1.21. The first-order chi connectivity index (χ1) is 12.5. The summed E-state index contributed by atoms with van der Waals surface area (Å²) in [6.07, 6.45) is 3.29. The molecule has 7 heteroatoms. The third kappa shape index (κ3) is 5.12. The van der Waals surface area contributed by atoms with Crippen LogP contribution in [0.3, 0.4) is 0 Å². The van der Waals surface area contributed by atoms with Crippen LogP contribution in [0.15, 0.2) is 18.2 Å². The number of piperazine rings is 1. The van der Waals surface area contributed by atoms with E-state index in [9.17, 15) is 9.59 Å². The molecule has 2 aliphatic heterocycles. The predicted octanol–water partition coefficient (Wildman–Crippen LogP) is 2.69. The van der Waals surface area contributed by atoms with E-state index in [-0.39, 0.29) is 11.8 Å². The Morgan fingerprint density at radius 3 is 2.19 bits per heavy atom. The Morgan fingerprint density at radius 1 is 0.885 bits per heavy atom.